The first-order chi connectivity index (χ1) is 9.11. The molecule has 0 saturated carbocycles. The first kappa shape index (κ1) is 14.2. The molecule has 1 atom stereocenters. The molecule has 0 bridgehead atoms. The topological polar surface area (TPSA) is 29.5 Å². The lowest BCUT2D eigenvalue weighted by atomic mass is 10.0. The zero-order chi connectivity index (χ0) is 13.8. The Hall–Kier alpha value is -1.26. The van der Waals surface area contributed by atoms with Crippen LogP contribution in [0, 0.1) is 5.82 Å². The van der Waals surface area contributed by atoms with Gasteiger partial charge in [-0.1, -0.05) is 0 Å². The zero-order valence-electron chi connectivity index (χ0n) is 11.4. The summed E-state index contributed by atoms with van der Waals surface area (Å²) in [6.07, 6.45) is 2.22. The van der Waals surface area contributed by atoms with E-state index < -0.39 is 0 Å². The number of ketones is 1. The average molecular weight is 265 g/mol. The van der Waals surface area contributed by atoms with E-state index in [1.807, 2.05) is 6.92 Å². The number of rotatable bonds is 4. The molecule has 2 rings (SSSR count). The highest BCUT2D eigenvalue weighted by Crippen LogP contribution is 2.17. The van der Waals surface area contributed by atoms with Gasteiger partial charge in [0.1, 0.15) is 5.82 Å². The molecule has 0 amide bonds. The fourth-order valence-corrected chi connectivity index (χ4v) is 2.52. The van der Waals surface area contributed by atoms with Gasteiger partial charge in [0.2, 0.25) is 0 Å². The fourth-order valence-electron chi connectivity index (χ4n) is 2.52. The molecule has 1 aromatic rings. The van der Waals surface area contributed by atoms with E-state index in [1.165, 1.54) is 12.1 Å². The van der Waals surface area contributed by atoms with Gasteiger partial charge in [0.05, 0.1) is 12.1 Å². The van der Waals surface area contributed by atoms with Crippen LogP contribution in [0.4, 0.5) is 4.39 Å². The van der Waals surface area contributed by atoms with Crippen LogP contribution >= 0.6 is 0 Å². The number of carbonyl (C=O) groups excluding carboxylic acids is 1. The molecule has 104 valence electrons. The molecule has 1 unspecified atom stereocenters. The molecule has 19 heavy (non-hydrogen) atoms. The van der Waals surface area contributed by atoms with Gasteiger partial charge in [0.25, 0.3) is 0 Å². The van der Waals surface area contributed by atoms with Gasteiger partial charge in [-0.3, -0.25) is 9.69 Å². The molecule has 1 aliphatic heterocycles. The van der Waals surface area contributed by atoms with Gasteiger partial charge < -0.3 is 4.74 Å². The first-order valence-electron chi connectivity index (χ1n) is 6.68. The Morgan fingerprint density at radius 3 is 2.42 bits per heavy atom. The highest BCUT2D eigenvalue weighted by molar-refractivity contribution is 5.99. The summed E-state index contributed by atoms with van der Waals surface area (Å²) in [5, 5.41) is 0. The Kier molecular flexibility index (Phi) is 4.66. The zero-order valence-corrected chi connectivity index (χ0v) is 11.4. The van der Waals surface area contributed by atoms with Crippen molar-refractivity contribution in [1.29, 1.82) is 0 Å². The predicted octanol–water partition coefficient (Wildman–Crippen LogP) is 2.51. The van der Waals surface area contributed by atoms with Crippen molar-refractivity contribution in [3.8, 4) is 0 Å². The normalized spacial score (nSPS) is 19.3. The van der Waals surface area contributed by atoms with E-state index in [0.29, 0.717) is 11.7 Å². The number of halogens is 1. The van der Waals surface area contributed by atoms with Gasteiger partial charge in [-0.2, -0.15) is 0 Å². The van der Waals surface area contributed by atoms with Crippen LogP contribution in [-0.2, 0) is 4.74 Å². The van der Waals surface area contributed by atoms with Crippen LogP contribution in [0.3, 0.4) is 0 Å². The molecule has 0 aliphatic carbocycles. The van der Waals surface area contributed by atoms with Crippen molar-refractivity contribution in [2.75, 3.05) is 20.2 Å². The second kappa shape index (κ2) is 6.26. The molecule has 0 aromatic heterocycles. The maximum absolute atomic E-state index is 12.9. The van der Waals surface area contributed by atoms with Gasteiger partial charge >= 0.3 is 0 Å². The average Bonchev–Trinajstić information content (AvgIpc) is 2.46. The van der Waals surface area contributed by atoms with Gasteiger partial charge in [-0.25, -0.2) is 4.39 Å². The van der Waals surface area contributed by atoms with Gasteiger partial charge in [0, 0.05) is 25.8 Å². The molecular weight excluding hydrogens is 245 g/mol. The maximum Gasteiger partial charge on any atom is 0.179 e. The Balaban J connectivity index is 1.98. The summed E-state index contributed by atoms with van der Waals surface area (Å²) in [7, 11) is 1.73. The molecule has 1 heterocycles. The lowest BCUT2D eigenvalue weighted by Crippen LogP contribution is -2.45. The van der Waals surface area contributed by atoms with E-state index in [1.54, 1.807) is 19.2 Å². The van der Waals surface area contributed by atoms with Crippen LogP contribution in [0.1, 0.15) is 30.1 Å². The quantitative estimate of drug-likeness (QED) is 0.783. The first-order valence-corrected chi connectivity index (χ1v) is 6.68. The SMILES string of the molecule is COC1CCN(C(C)C(=O)c2ccc(F)cc2)CC1. The van der Waals surface area contributed by atoms with Gasteiger partial charge in [-0.05, 0) is 44.0 Å². The van der Waals surface area contributed by atoms with E-state index in [-0.39, 0.29) is 17.6 Å². The summed E-state index contributed by atoms with van der Waals surface area (Å²) < 4.78 is 18.2. The standard InChI is InChI=1S/C15H20FNO2/c1-11(17-9-7-14(19-2)8-10-17)15(18)12-3-5-13(16)6-4-12/h3-6,11,14H,7-10H2,1-2H3. The highest BCUT2D eigenvalue weighted by Gasteiger charge is 2.26. The minimum Gasteiger partial charge on any atom is -0.381 e. The summed E-state index contributed by atoms with van der Waals surface area (Å²) in [6, 6.07) is 5.60. The summed E-state index contributed by atoms with van der Waals surface area (Å²) in [6.45, 7) is 3.65. The van der Waals surface area contributed by atoms with Crippen LogP contribution in [0.2, 0.25) is 0 Å². The molecule has 3 nitrogen and oxygen atoms in total. The lowest BCUT2D eigenvalue weighted by Gasteiger charge is -2.34. The Labute approximate surface area is 113 Å². The number of ether oxygens (including phenoxy) is 1. The number of Topliss-reactive ketones (excluding diaryl/α,β-unsaturated/α-hetero) is 1. The van der Waals surface area contributed by atoms with Crippen molar-refractivity contribution in [3.63, 3.8) is 0 Å². The van der Waals surface area contributed by atoms with E-state index in [2.05, 4.69) is 4.90 Å². The number of nitrogens with zero attached hydrogens (tertiary/aromatic N) is 1. The molecule has 0 radical (unpaired) electrons. The fraction of sp³-hybridized carbons (Fsp3) is 0.533. The summed E-state index contributed by atoms with van der Waals surface area (Å²) in [4.78, 5) is 14.5. The number of benzene rings is 1. The molecule has 1 saturated heterocycles. The predicted molar refractivity (Wildman–Crippen MR) is 71.8 cm³/mol. The molecule has 1 aliphatic rings. The molecular formula is C15H20FNO2. The number of methoxy groups -OCH3 is 1. The minimum absolute atomic E-state index is 0.0517. The summed E-state index contributed by atoms with van der Waals surface area (Å²) >= 11 is 0. The molecule has 0 spiro atoms. The van der Waals surface area contributed by atoms with Crippen molar-refractivity contribution < 1.29 is 13.9 Å². The number of hydrogen-bond acceptors (Lipinski definition) is 3. The summed E-state index contributed by atoms with van der Waals surface area (Å²) in [5.41, 5.74) is 0.572. The van der Waals surface area contributed by atoms with Crippen molar-refractivity contribution in [2.45, 2.75) is 31.9 Å². The second-order valence-corrected chi connectivity index (χ2v) is 5.02. The van der Waals surface area contributed by atoms with Crippen LogP contribution in [0.25, 0.3) is 0 Å². The van der Waals surface area contributed by atoms with E-state index in [0.717, 1.165) is 25.9 Å². The van der Waals surface area contributed by atoms with Crippen LogP contribution < -0.4 is 0 Å². The largest absolute Gasteiger partial charge is 0.381 e. The van der Waals surface area contributed by atoms with Gasteiger partial charge in [0.15, 0.2) is 5.78 Å². The van der Waals surface area contributed by atoms with E-state index in [4.69, 9.17) is 4.74 Å². The Bertz CT molecular complexity index is 424. The highest BCUT2D eigenvalue weighted by atomic mass is 19.1. The van der Waals surface area contributed by atoms with Crippen molar-refractivity contribution in [3.05, 3.63) is 35.6 Å². The Morgan fingerprint density at radius 2 is 1.89 bits per heavy atom. The maximum atomic E-state index is 12.9. The molecule has 0 N–H and O–H groups in total. The van der Waals surface area contributed by atoms with Crippen LogP contribution in [0.5, 0.6) is 0 Å². The molecule has 1 fully saturated rings. The Morgan fingerprint density at radius 1 is 1.32 bits per heavy atom. The molecule has 4 heteroatoms. The van der Waals surface area contributed by atoms with E-state index in [9.17, 15) is 9.18 Å². The number of hydrogen-bond donors (Lipinski definition) is 0. The monoisotopic (exact) mass is 265 g/mol. The van der Waals surface area contributed by atoms with Crippen molar-refractivity contribution in [2.24, 2.45) is 0 Å². The molecule has 1 aromatic carbocycles. The number of likely N-dealkylation sites (tertiary alicyclic amines) is 1. The van der Waals surface area contributed by atoms with Crippen molar-refractivity contribution >= 4 is 5.78 Å². The smallest absolute Gasteiger partial charge is 0.179 e. The number of carbonyl (C=O) groups is 1. The third kappa shape index (κ3) is 3.39. The van der Waals surface area contributed by atoms with Crippen LogP contribution in [-0.4, -0.2) is 43.0 Å². The third-order valence-electron chi connectivity index (χ3n) is 3.87. The van der Waals surface area contributed by atoms with Gasteiger partial charge in [-0.15, -0.1) is 0 Å². The van der Waals surface area contributed by atoms with Crippen molar-refractivity contribution in [1.82, 2.24) is 4.90 Å². The number of piperidine rings is 1. The third-order valence-corrected chi connectivity index (χ3v) is 3.87. The van der Waals surface area contributed by atoms with Crippen LogP contribution in [0.15, 0.2) is 24.3 Å². The lowest BCUT2D eigenvalue weighted by molar-refractivity contribution is 0.0289. The minimum atomic E-state index is -0.315. The summed E-state index contributed by atoms with van der Waals surface area (Å²) in [5.74, 6) is -0.263. The second-order valence-electron chi connectivity index (χ2n) is 5.02. The van der Waals surface area contributed by atoms with E-state index >= 15 is 0 Å².